The predicted molar refractivity (Wildman–Crippen MR) is 57.3 cm³/mol. The van der Waals surface area contributed by atoms with E-state index in [1.165, 1.54) is 5.56 Å². The summed E-state index contributed by atoms with van der Waals surface area (Å²) in [7, 11) is 3.29. The van der Waals surface area contributed by atoms with E-state index in [-0.39, 0.29) is 6.29 Å². The summed E-state index contributed by atoms with van der Waals surface area (Å²) in [6, 6.07) is 8.33. The molecule has 0 aliphatic carbocycles. The molecule has 0 bridgehead atoms. The Morgan fingerprint density at radius 2 is 1.29 bits per heavy atom. The molecule has 0 aliphatic heterocycles. The molecule has 0 aliphatic rings. The van der Waals surface area contributed by atoms with Gasteiger partial charge in [-0.25, -0.2) is 0 Å². The van der Waals surface area contributed by atoms with Crippen molar-refractivity contribution < 1.29 is 9.47 Å². The number of hydrogen-bond donors (Lipinski definition) is 0. The van der Waals surface area contributed by atoms with E-state index < -0.39 is 0 Å². The van der Waals surface area contributed by atoms with Gasteiger partial charge in [0.25, 0.3) is 0 Å². The maximum atomic E-state index is 5.16. The highest BCUT2D eigenvalue weighted by molar-refractivity contribution is 5.25. The Bertz CT molecular complexity index is 260. The van der Waals surface area contributed by atoms with Gasteiger partial charge in [0.1, 0.15) is 0 Å². The first-order valence-corrected chi connectivity index (χ1v) is 4.84. The molecule has 1 aromatic rings. The molecular formula is C12H18O2. The van der Waals surface area contributed by atoms with Crippen LogP contribution >= 0.6 is 0 Å². The number of hydrogen-bond acceptors (Lipinski definition) is 2. The summed E-state index contributed by atoms with van der Waals surface area (Å²) in [6.45, 7) is 4.36. The molecule has 0 heterocycles. The molecule has 0 atom stereocenters. The molecule has 1 aromatic carbocycles. The van der Waals surface area contributed by atoms with Gasteiger partial charge in [0.15, 0.2) is 6.29 Å². The van der Waals surface area contributed by atoms with Crippen LogP contribution < -0.4 is 0 Å². The van der Waals surface area contributed by atoms with Gasteiger partial charge in [0, 0.05) is 19.8 Å². The third kappa shape index (κ3) is 2.56. The highest BCUT2D eigenvalue weighted by Gasteiger charge is 2.08. The average Bonchev–Trinajstić information content (AvgIpc) is 2.20. The lowest BCUT2D eigenvalue weighted by atomic mass is 10.0. The third-order valence-electron chi connectivity index (χ3n) is 2.30. The minimum Gasteiger partial charge on any atom is -0.352 e. The molecule has 0 unspecified atom stereocenters. The highest BCUT2D eigenvalue weighted by atomic mass is 16.7. The van der Waals surface area contributed by atoms with Crippen molar-refractivity contribution in [2.45, 2.75) is 26.1 Å². The fraction of sp³-hybridized carbons (Fsp3) is 0.500. The number of methoxy groups -OCH3 is 2. The van der Waals surface area contributed by atoms with Gasteiger partial charge in [-0.1, -0.05) is 38.1 Å². The lowest BCUT2D eigenvalue weighted by molar-refractivity contribution is -0.106. The average molecular weight is 194 g/mol. The van der Waals surface area contributed by atoms with Crippen molar-refractivity contribution in [1.82, 2.24) is 0 Å². The second-order valence-corrected chi connectivity index (χ2v) is 3.62. The van der Waals surface area contributed by atoms with E-state index in [2.05, 4.69) is 26.0 Å². The summed E-state index contributed by atoms with van der Waals surface area (Å²) >= 11 is 0. The molecule has 14 heavy (non-hydrogen) atoms. The van der Waals surface area contributed by atoms with E-state index in [0.717, 1.165) is 5.56 Å². The quantitative estimate of drug-likeness (QED) is 0.686. The van der Waals surface area contributed by atoms with Crippen LogP contribution in [0.1, 0.15) is 37.2 Å². The van der Waals surface area contributed by atoms with Crippen LogP contribution in [0.5, 0.6) is 0 Å². The zero-order chi connectivity index (χ0) is 10.6. The summed E-state index contributed by atoms with van der Waals surface area (Å²) in [5, 5.41) is 0. The first-order valence-electron chi connectivity index (χ1n) is 4.84. The molecule has 0 radical (unpaired) electrons. The van der Waals surface area contributed by atoms with Gasteiger partial charge in [-0.3, -0.25) is 0 Å². The van der Waals surface area contributed by atoms with Gasteiger partial charge in [-0.05, 0) is 11.5 Å². The van der Waals surface area contributed by atoms with E-state index >= 15 is 0 Å². The zero-order valence-electron chi connectivity index (χ0n) is 9.28. The van der Waals surface area contributed by atoms with Crippen molar-refractivity contribution >= 4 is 0 Å². The van der Waals surface area contributed by atoms with Crippen LogP contribution in [0.4, 0.5) is 0 Å². The molecule has 0 aromatic heterocycles. The lowest BCUT2D eigenvalue weighted by Gasteiger charge is -2.14. The van der Waals surface area contributed by atoms with E-state index in [1.54, 1.807) is 14.2 Å². The molecule has 78 valence electrons. The Labute approximate surface area is 85.8 Å². The Kier molecular flexibility index (Phi) is 4.11. The van der Waals surface area contributed by atoms with Crippen molar-refractivity contribution in [3.05, 3.63) is 35.4 Å². The Balaban J connectivity index is 2.81. The molecule has 0 amide bonds. The first kappa shape index (κ1) is 11.2. The fourth-order valence-electron chi connectivity index (χ4n) is 1.41. The fourth-order valence-corrected chi connectivity index (χ4v) is 1.41. The van der Waals surface area contributed by atoms with Crippen molar-refractivity contribution in [3.63, 3.8) is 0 Å². The van der Waals surface area contributed by atoms with Crippen molar-refractivity contribution in [1.29, 1.82) is 0 Å². The SMILES string of the molecule is COC(OC)c1ccc(C(C)C)cc1. The normalized spacial score (nSPS) is 11.3. The Morgan fingerprint density at radius 3 is 1.64 bits per heavy atom. The van der Waals surface area contributed by atoms with E-state index in [9.17, 15) is 0 Å². The van der Waals surface area contributed by atoms with Gasteiger partial charge in [0.05, 0.1) is 0 Å². The number of rotatable bonds is 4. The monoisotopic (exact) mass is 194 g/mol. The van der Waals surface area contributed by atoms with Crippen molar-refractivity contribution in [3.8, 4) is 0 Å². The highest BCUT2D eigenvalue weighted by Crippen LogP contribution is 2.20. The van der Waals surface area contributed by atoms with Crippen molar-refractivity contribution in [2.75, 3.05) is 14.2 Å². The van der Waals surface area contributed by atoms with Gasteiger partial charge in [0.2, 0.25) is 0 Å². The standard InChI is InChI=1S/C12H18O2/c1-9(2)10-5-7-11(8-6-10)12(13-3)14-4/h5-9,12H,1-4H3. The van der Waals surface area contributed by atoms with Crippen LogP contribution in [0, 0.1) is 0 Å². The lowest BCUT2D eigenvalue weighted by Crippen LogP contribution is -2.03. The molecular weight excluding hydrogens is 176 g/mol. The second-order valence-electron chi connectivity index (χ2n) is 3.62. The Morgan fingerprint density at radius 1 is 0.857 bits per heavy atom. The summed E-state index contributed by atoms with van der Waals surface area (Å²) in [4.78, 5) is 0. The smallest absolute Gasteiger partial charge is 0.183 e. The summed E-state index contributed by atoms with van der Waals surface area (Å²) in [6.07, 6.45) is -0.254. The van der Waals surface area contributed by atoms with Crippen LogP contribution in [0.25, 0.3) is 0 Å². The van der Waals surface area contributed by atoms with Gasteiger partial charge in [-0.2, -0.15) is 0 Å². The molecule has 0 fully saturated rings. The van der Waals surface area contributed by atoms with Crippen LogP contribution in [-0.2, 0) is 9.47 Å². The molecule has 0 saturated carbocycles. The van der Waals surface area contributed by atoms with Crippen molar-refractivity contribution in [2.24, 2.45) is 0 Å². The van der Waals surface area contributed by atoms with Crippen LogP contribution in [0.15, 0.2) is 24.3 Å². The minimum atomic E-state index is -0.254. The van der Waals surface area contributed by atoms with E-state index in [1.807, 2.05) is 12.1 Å². The maximum absolute atomic E-state index is 5.16. The third-order valence-corrected chi connectivity index (χ3v) is 2.30. The molecule has 0 N–H and O–H groups in total. The largest absolute Gasteiger partial charge is 0.352 e. The van der Waals surface area contributed by atoms with Gasteiger partial charge >= 0.3 is 0 Å². The van der Waals surface area contributed by atoms with E-state index in [0.29, 0.717) is 5.92 Å². The summed E-state index contributed by atoms with van der Waals surface area (Å²) in [5.41, 5.74) is 2.39. The van der Waals surface area contributed by atoms with Gasteiger partial charge in [-0.15, -0.1) is 0 Å². The summed E-state index contributed by atoms with van der Waals surface area (Å²) < 4.78 is 10.3. The topological polar surface area (TPSA) is 18.5 Å². The number of benzene rings is 1. The first-order chi connectivity index (χ1) is 6.69. The molecule has 2 nitrogen and oxygen atoms in total. The number of ether oxygens (including phenoxy) is 2. The zero-order valence-corrected chi connectivity index (χ0v) is 9.28. The Hall–Kier alpha value is -0.860. The van der Waals surface area contributed by atoms with Crippen LogP contribution in [-0.4, -0.2) is 14.2 Å². The maximum Gasteiger partial charge on any atom is 0.183 e. The molecule has 0 saturated heterocycles. The van der Waals surface area contributed by atoms with E-state index in [4.69, 9.17) is 9.47 Å². The molecule has 2 heteroatoms. The minimum absolute atomic E-state index is 0.254. The van der Waals surface area contributed by atoms with Crippen LogP contribution in [0.3, 0.4) is 0 Å². The summed E-state index contributed by atoms with van der Waals surface area (Å²) in [5.74, 6) is 0.563. The molecule has 1 rings (SSSR count). The van der Waals surface area contributed by atoms with Crippen LogP contribution in [0.2, 0.25) is 0 Å². The molecule has 0 spiro atoms. The second kappa shape index (κ2) is 5.13. The predicted octanol–water partition coefficient (Wildman–Crippen LogP) is 3.10. The van der Waals surface area contributed by atoms with Gasteiger partial charge < -0.3 is 9.47 Å².